The molecule has 0 aliphatic carbocycles. The molecule has 4 nitrogen and oxygen atoms in total. The minimum absolute atomic E-state index is 0.119. The lowest BCUT2D eigenvalue weighted by atomic mass is 10.2. The van der Waals surface area contributed by atoms with Gasteiger partial charge in [0, 0.05) is 18.2 Å². The zero-order valence-corrected chi connectivity index (χ0v) is 11.6. The molecule has 16 heavy (non-hydrogen) atoms. The molecule has 0 aromatic heterocycles. The van der Waals surface area contributed by atoms with E-state index in [0.717, 1.165) is 0 Å². The van der Waals surface area contributed by atoms with Crippen LogP contribution in [0.5, 0.6) is 0 Å². The van der Waals surface area contributed by atoms with Crippen molar-refractivity contribution >= 4 is 28.4 Å². The van der Waals surface area contributed by atoms with E-state index in [1.807, 2.05) is 0 Å². The topological polar surface area (TPSA) is 63.2 Å². The minimum atomic E-state index is -3.24. The molecule has 2 unspecified atom stereocenters. The van der Waals surface area contributed by atoms with Crippen molar-refractivity contribution in [2.45, 2.75) is 48.9 Å². The highest BCUT2D eigenvalue weighted by Crippen LogP contribution is 2.26. The van der Waals surface area contributed by atoms with E-state index < -0.39 is 19.8 Å². The molecule has 94 valence electrons. The summed E-state index contributed by atoms with van der Waals surface area (Å²) in [6, 6.07) is 0. The lowest BCUT2D eigenvalue weighted by molar-refractivity contribution is -0.120. The van der Waals surface area contributed by atoms with E-state index in [1.54, 1.807) is 20.8 Å². The fraction of sp³-hybridized carbons (Fsp3) is 0.900. The van der Waals surface area contributed by atoms with Crippen LogP contribution in [0.15, 0.2) is 0 Å². The van der Waals surface area contributed by atoms with Gasteiger partial charge in [-0.3, -0.25) is 4.79 Å². The zero-order valence-electron chi connectivity index (χ0n) is 9.86. The first-order chi connectivity index (χ1) is 7.14. The van der Waals surface area contributed by atoms with Crippen LogP contribution in [0.1, 0.15) is 33.6 Å². The summed E-state index contributed by atoms with van der Waals surface area (Å²) < 4.78 is 23.7. The summed E-state index contributed by atoms with van der Waals surface area (Å²) in [4.78, 5) is 11.3. The molecule has 0 radical (unpaired) electrons. The first kappa shape index (κ1) is 13.8. The summed E-state index contributed by atoms with van der Waals surface area (Å²) in [5.41, 5.74) is 0. The van der Waals surface area contributed by atoms with Gasteiger partial charge in [0.05, 0.1) is 10.00 Å². The maximum absolute atomic E-state index is 12.2. The van der Waals surface area contributed by atoms with E-state index in [-0.39, 0.29) is 17.7 Å². The van der Waals surface area contributed by atoms with Crippen molar-refractivity contribution in [3.05, 3.63) is 0 Å². The molecule has 1 heterocycles. The van der Waals surface area contributed by atoms with Crippen LogP contribution in [-0.4, -0.2) is 36.1 Å². The van der Waals surface area contributed by atoms with Gasteiger partial charge in [-0.25, -0.2) is 8.42 Å². The highest BCUT2D eigenvalue weighted by Gasteiger charge is 2.39. The monoisotopic (exact) mass is 265 g/mol. The number of amides is 1. The SMILES string of the molecule is CC(C)(C)S(=O)(=O)C1CNC(=O)CC(S)C1. The molecular weight excluding hydrogens is 246 g/mol. The maximum atomic E-state index is 12.2. The summed E-state index contributed by atoms with van der Waals surface area (Å²) in [6.07, 6.45) is 0.723. The van der Waals surface area contributed by atoms with Crippen LogP contribution in [0.25, 0.3) is 0 Å². The number of thiol groups is 1. The fourth-order valence-electron chi connectivity index (χ4n) is 1.72. The smallest absolute Gasteiger partial charge is 0.221 e. The lowest BCUT2D eigenvalue weighted by Crippen LogP contribution is -2.42. The van der Waals surface area contributed by atoms with Crippen LogP contribution in [-0.2, 0) is 14.6 Å². The predicted octanol–water partition coefficient (Wildman–Crippen LogP) is 0.777. The Hall–Kier alpha value is -0.230. The minimum Gasteiger partial charge on any atom is -0.355 e. The van der Waals surface area contributed by atoms with E-state index in [0.29, 0.717) is 12.8 Å². The fourth-order valence-corrected chi connectivity index (χ4v) is 4.07. The summed E-state index contributed by atoms with van der Waals surface area (Å²) >= 11 is 4.25. The number of carbonyl (C=O) groups is 1. The summed E-state index contributed by atoms with van der Waals surface area (Å²) in [6.45, 7) is 5.25. The molecule has 0 saturated carbocycles. The van der Waals surface area contributed by atoms with Gasteiger partial charge in [-0.15, -0.1) is 0 Å². The third-order valence-electron chi connectivity index (χ3n) is 2.78. The second kappa shape index (κ2) is 4.56. The molecular formula is C10H19NO3S2. The first-order valence-electron chi connectivity index (χ1n) is 5.33. The normalized spacial score (nSPS) is 28.4. The zero-order chi connectivity index (χ0) is 12.6. The predicted molar refractivity (Wildman–Crippen MR) is 67.5 cm³/mol. The highest BCUT2D eigenvalue weighted by molar-refractivity contribution is 7.93. The van der Waals surface area contributed by atoms with E-state index in [4.69, 9.17) is 0 Å². The quantitative estimate of drug-likeness (QED) is 0.689. The van der Waals surface area contributed by atoms with Gasteiger partial charge in [0.25, 0.3) is 0 Å². The Bertz CT molecular complexity index is 370. The molecule has 1 saturated heterocycles. The Kier molecular flexibility index (Phi) is 3.95. The molecule has 0 spiro atoms. The second-order valence-corrected chi connectivity index (χ2v) is 8.89. The van der Waals surface area contributed by atoms with Gasteiger partial charge in [0.15, 0.2) is 9.84 Å². The van der Waals surface area contributed by atoms with Gasteiger partial charge >= 0.3 is 0 Å². The number of hydrogen-bond acceptors (Lipinski definition) is 4. The molecule has 0 bridgehead atoms. The molecule has 1 aliphatic heterocycles. The van der Waals surface area contributed by atoms with Crippen LogP contribution in [0, 0.1) is 0 Å². The van der Waals surface area contributed by atoms with Crippen LogP contribution in [0.4, 0.5) is 0 Å². The summed E-state index contributed by atoms with van der Waals surface area (Å²) in [5.74, 6) is -0.119. The van der Waals surface area contributed by atoms with Gasteiger partial charge in [0.1, 0.15) is 0 Å². The highest BCUT2D eigenvalue weighted by atomic mass is 32.2. The van der Waals surface area contributed by atoms with E-state index >= 15 is 0 Å². The molecule has 1 rings (SSSR count). The molecule has 2 atom stereocenters. The van der Waals surface area contributed by atoms with Gasteiger partial charge < -0.3 is 5.32 Å². The Morgan fingerprint density at radius 3 is 2.44 bits per heavy atom. The van der Waals surface area contributed by atoms with E-state index in [9.17, 15) is 13.2 Å². The first-order valence-corrected chi connectivity index (χ1v) is 7.39. The van der Waals surface area contributed by atoms with Gasteiger partial charge in [-0.1, -0.05) is 0 Å². The number of nitrogens with one attached hydrogen (secondary N) is 1. The largest absolute Gasteiger partial charge is 0.355 e. The molecule has 1 aliphatic rings. The number of sulfone groups is 1. The number of rotatable bonds is 1. The molecule has 0 aromatic rings. The van der Waals surface area contributed by atoms with Crippen LogP contribution in [0.3, 0.4) is 0 Å². The van der Waals surface area contributed by atoms with Crippen molar-refractivity contribution in [2.75, 3.05) is 6.54 Å². The van der Waals surface area contributed by atoms with Gasteiger partial charge in [0.2, 0.25) is 5.91 Å². The molecule has 1 amide bonds. The Balaban J connectivity index is 2.93. The van der Waals surface area contributed by atoms with Gasteiger partial charge in [-0.05, 0) is 27.2 Å². The average molecular weight is 265 g/mol. The number of carbonyl (C=O) groups excluding carboxylic acids is 1. The lowest BCUT2D eigenvalue weighted by Gasteiger charge is -2.26. The van der Waals surface area contributed by atoms with Crippen LogP contribution < -0.4 is 5.32 Å². The molecule has 1 fully saturated rings. The van der Waals surface area contributed by atoms with Gasteiger partial charge in [-0.2, -0.15) is 12.6 Å². The average Bonchev–Trinajstić information content (AvgIpc) is 2.24. The summed E-state index contributed by atoms with van der Waals surface area (Å²) in [5, 5.41) is 1.93. The summed E-state index contributed by atoms with van der Waals surface area (Å²) in [7, 11) is -3.24. The van der Waals surface area contributed by atoms with E-state index in [1.165, 1.54) is 0 Å². The van der Waals surface area contributed by atoms with Crippen molar-refractivity contribution in [3.63, 3.8) is 0 Å². The van der Waals surface area contributed by atoms with E-state index in [2.05, 4.69) is 17.9 Å². The Labute approximate surface area is 103 Å². The molecule has 0 aromatic carbocycles. The standard InChI is InChI=1S/C10H19NO3S2/c1-10(2,3)16(13,14)8-4-7(15)5-9(12)11-6-8/h7-8,15H,4-6H2,1-3H3,(H,11,12). The van der Waals surface area contributed by atoms with Crippen LogP contribution >= 0.6 is 12.6 Å². The Morgan fingerprint density at radius 1 is 1.38 bits per heavy atom. The Morgan fingerprint density at radius 2 is 1.94 bits per heavy atom. The number of hydrogen-bond donors (Lipinski definition) is 2. The van der Waals surface area contributed by atoms with Crippen molar-refractivity contribution in [2.24, 2.45) is 0 Å². The van der Waals surface area contributed by atoms with Crippen molar-refractivity contribution in [1.82, 2.24) is 5.32 Å². The maximum Gasteiger partial charge on any atom is 0.221 e. The third-order valence-corrected chi connectivity index (χ3v) is 6.11. The molecule has 1 N–H and O–H groups in total. The van der Waals surface area contributed by atoms with Crippen molar-refractivity contribution in [1.29, 1.82) is 0 Å². The second-order valence-electron chi connectivity index (χ2n) is 5.18. The van der Waals surface area contributed by atoms with Crippen molar-refractivity contribution in [3.8, 4) is 0 Å². The third kappa shape index (κ3) is 2.91. The molecule has 6 heteroatoms. The van der Waals surface area contributed by atoms with Crippen molar-refractivity contribution < 1.29 is 13.2 Å². The van der Waals surface area contributed by atoms with Crippen LogP contribution in [0.2, 0.25) is 0 Å².